The van der Waals surface area contributed by atoms with E-state index in [0.717, 1.165) is 12.8 Å². The van der Waals surface area contributed by atoms with Gasteiger partial charge in [-0.15, -0.1) is 0 Å². The maximum Gasteiger partial charge on any atom is 0 e. The van der Waals surface area contributed by atoms with Crippen LogP contribution in [0, 0.1) is 20.0 Å². The van der Waals surface area contributed by atoms with E-state index in [1.807, 2.05) is 12.2 Å². The molecule has 0 aromatic carbocycles. The number of unbranched alkanes of at least 4 members (excludes halogenated alkanes) is 1. The normalized spacial score (nSPS) is 10.7. The van der Waals surface area contributed by atoms with E-state index in [0.29, 0.717) is 0 Å². The van der Waals surface area contributed by atoms with Crippen molar-refractivity contribution in [3.8, 4) is 0 Å². The van der Waals surface area contributed by atoms with E-state index in [2.05, 4.69) is 63.0 Å². The molecule has 0 N–H and O–H groups in total. The van der Waals surface area contributed by atoms with Crippen LogP contribution in [0.5, 0.6) is 0 Å². The van der Waals surface area contributed by atoms with E-state index in [1.165, 1.54) is 18.4 Å². The number of rotatable bonds is 5. The minimum atomic E-state index is 0. The summed E-state index contributed by atoms with van der Waals surface area (Å²) in [4.78, 5) is 0. The van der Waals surface area contributed by atoms with Crippen LogP contribution in [0.3, 0.4) is 0 Å². The molecule has 0 radical (unpaired) electrons. The second kappa shape index (κ2) is 31.1. The van der Waals surface area contributed by atoms with Crippen molar-refractivity contribution < 1.29 is 31.3 Å². The zero-order valence-electron chi connectivity index (χ0n) is 11.8. The second-order valence-electron chi connectivity index (χ2n) is 3.40. The number of hydrogen-bond donors (Lipinski definition) is 0. The third-order valence-corrected chi connectivity index (χ3v) is 2.21. The molecule has 0 saturated carbocycles. The first-order valence-corrected chi connectivity index (χ1v) is 5.83. The molecular weight excluding hydrogens is 304 g/mol. The van der Waals surface area contributed by atoms with Crippen LogP contribution in [0.15, 0.2) is 60.8 Å². The smallest absolute Gasteiger partial charge is 0 e. The predicted molar refractivity (Wildman–Crippen MR) is 76.0 cm³/mol. The van der Waals surface area contributed by atoms with Crippen molar-refractivity contribution in [3.05, 3.63) is 80.7 Å². The van der Waals surface area contributed by atoms with Crippen molar-refractivity contribution in [1.82, 2.24) is 0 Å². The molecule has 21 heavy (non-hydrogen) atoms. The van der Waals surface area contributed by atoms with Crippen LogP contribution in [0.25, 0.3) is 0 Å². The Morgan fingerprint density at radius 1 is 1.05 bits per heavy atom. The number of hydrogen-bond acceptors (Lipinski definition) is 0. The molecule has 0 heterocycles. The Morgan fingerprint density at radius 3 is 2.24 bits per heavy atom. The van der Waals surface area contributed by atoms with Crippen LogP contribution in [-0.4, -0.2) is 0 Å². The van der Waals surface area contributed by atoms with Crippen molar-refractivity contribution in [1.29, 1.82) is 0 Å². The van der Waals surface area contributed by atoms with Crippen LogP contribution in [0.1, 0.15) is 25.7 Å². The molecular formula is C17H18CrO3. The SMILES string of the molecule is C=C/C=C/CCCC1=CC=CC=CC1.[C-]#[O+].[C-]#[O+].[C-]#[O+].[Cr]. The summed E-state index contributed by atoms with van der Waals surface area (Å²) in [6.07, 6.45) is 21.5. The molecule has 0 saturated heterocycles. The summed E-state index contributed by atoms with van der Waals surface area (Å²) < 4.78 is 22.5. The predicted octanol–water partition coefficient (Wildman–Crippen LogP) is 4.23. The molecule has 110 valence electrons. The van der Waals surface area contributed by atoms with Gasteiger partial charge in [-0.2, -0.15) is 0 Å². The van der Waals surface area contributed by atoms with Gasteiger partial charge < -0.3 is 0 Å². The molecule has 0 fully saturated rings. The van der Waals surface area contributed by atoms with Crippen LogP contribution < -0.4 is 0 Å². The van der Waals surface area contributed by atoms with Crippen LogP contribution >= 0.6 is 0 Å². The zero-order chi connectivity index (χ0) is 16.1. The Balaban J connectivity index is -0.000000183. The molecule has 0 spiro atoms. The average molecular weight is 322 g/mol. The fourth-order valence-electron chi connectivity index (χ4n) is 1.45. The Kier molecular flexibility index (Phi) is 41.0. The van der Waals surface area contributed by atoms with Gasteiger partial charge in [0.05, 0.1) is 0 Å². The molecule has 0 unspecified atom stereocenters. The van der Waals surface area contributed by atoms with Crippen LogP contribution in [0.4, 0.5) is 0 Å². The van der Waals surface area contributed by atoms with Gasteiger partial charge in [0.2, 0.25) is 0 Å². The third-order valence-electron chi connectivity index (χ3n) is 2.21. The Bertz CT molecular complexity index is 382. The van der Waals surface area contributed by atoms with Crippen molar-refractivity contribution in [3.63, 3.8) is 0 Å². The molecule has 0 aromatic rings. The molecule has 3 nitrogen and oxygen atoms in total. The van der Waals surface area contributed by atoms with E-state index in [9.17, 15) is 0 Å². The third kappa shape index (κ3) is 23.9. The van der Waals surface area contributed by atoms with Gasteiger partial charge in [-0.1, -0.05) is 60.8 Å². The Morgan fingerprint density at radius 2 is 1.67 bits per heavy atom. The molecule has 1 aliphatic carbocycles. The van der Waals surface area contributed by atoms with Crippen molar-refractivity contribution in [2.75, 3.05) is 0 Å². The molecule has 0 aliphatic heterocycles. The standard InChI is InChI=1S/C14H18.3CO.Cr/c1-2-3-4-5-8-11-14-12-9-6-7-10-13-14;3*1-2;/h2-4,6-7,9-10,12H,1,5,8,11,13H2;;;;/b4-3+;;;;. The van der Waals surface area contributed by atoms with Crippen molar-refractivity contribution >= 4 is 0 Å². The summed E-state index contributed by atoms with van der Waals surface area (Å²) in [5.74, 6) is 0. The van der Waals surface area contributed by atoms with E-state index in [-0.39, 0.29) is 17.4 Å². The van der Waals surface area contributed by atoms with Gasteiger partial charge in [0.25, 0.3) is 0 Å². The first-order chi connectivity index (χ1) is 9.93. The first kappa shape index (κ1) is 27.7. The van der Waals surface area contributed by atoms with Crippen molar-refractivity contribution in [2.45, 2.75) is 25.7 Å². The van der Waals surface area contributed by atoms with Gasteiger partial charge in [0.1, 0.15) is 0 Å². The summed E-state index contributed by atoms with van der Waals surface area (Å²) >= 11 is 0. The molecule has 0 bridgehead atoms. The Hall–Kier alpha value is -1.55. The van der Waals surface area contributed by atoms with Gasteiger partial charge in [0, 0.05) is 17.4 Å². The monoisotopic (exact) mass is 322 g/mol. The molecule has 0 atom stereocenters. The van der Waals surface area contributed by atoms with Gasteiger partial charge in [0.15, 0.2) is 0 Å². The summed E-state index contributed by atoms with van der Waals surface area (Å²) in [6.45, 7) is 17.1. The maximum absolute atomic E-state index is 7.50. The van der Waals surface area contributed by atoms with E-state index in [4.69, 9.17) is 14.0 Å². The number of allylic oxidation sites excluding steroid dienone is 9. The fraction of sp³-hybridized carbons (Fsp3) is 0.235. The fourth-order valence-corrected chi connectivity index (χ4v) is 1.45. The molecule has 1 aliphatic rings. The van der Waals surface area contributed by atoms with E-state index < -0.39 is 0 Å². The minimum Gasteiger partial charge on any atom is 0 e. The summed E-state index contributed by atoms with van der Waals surface area (Å²) in [5, 5.41) is 0. The average Bonchev–Trinajstić information content (AvgIpc) is 2.82. The largest absolute Gasteiger partial charge is 0 e. The maximum atomic E-state index is 7.50. The van der Waals surface area contributed by atoms with Gasteiger partial charge in [-0.05, 0) is 25.7 Å². The van der Waals surface area contributed by atoms with E-state index >= 15 is 0 Å². The van der Waals surface area contributed by atoms with Gasteiger partial charge >= 0.3 is 33.9 Å². The quantitative estimate of drug-likeness (QED) is 0.315. The summed E-state index contributed by atoms with van der Waals surface area (Å²) in [5.41, 5.74) is 1.53. The van der Waals surface area contributed by atoms with E-state index in [1.54, 1.807) is 0 Å². The molecule has 1 rings (SSSR count). The Labute approximate surface area is 138 Å². The second-order valence-corrected chi connectivity index (χ2v) is 3.40. The van der Waals surface area contributed by atoms with Crippen molar-refractivity contribution in [2.24, 2.45) is 0 Å². The van der Waals surface area contributed by atoms with Gasteiger partial charge in [-0.25, -0.2) is 0 Å². The molecule has 4 heteroatoms. The topological polar surface area (TPSA) is 59.7 Å². The van der Waals surface area contributed by atoms with Crippen LogP contribution in [0.2, 0.25) is 0 Å². The van der Waals surface area contributed by atoms with Crippen LogP contribution in [-0.2, 0) is 31.3 Å². The summed E-state index contributed by atoms with van der Waals surface area (Å²) in [6, 6.07) is 0. The van der Waals surface area contributed by atoms with Gasteiger partial charge in [-0.3, -0.25) is 0 Å². The minimum absolute atomic E-state index is 0. The molecule has 0 aromatic heterocycles. The summed E-state index contributed by atoms with van der Waals surface area (Å²) in [7, 11) is 0. The zero-order valence-corrected chi connectivity index (χ0v) is 13.1. The first-order valence-electron chi connectivity index (χ1n) is 5.83. The molecule has 0 amide bonds.